The third-order valence-corrected chi connectivity index (χ3v) is 5.43. The Morgan fingerprint density at radius 2 is 1.82 bits per heavy atom. The van der Waals surface area contributed by atoms with E-state index in [1.165, 1.54) is 4.90 Å². The summed E-state index contributed by atoms with van der Waals surface area (Å²) in [4.78, 5) is 31.7. The minimum absolute atomic E-state index is 0.0263. The fourth-order valence-electron chi connectivity index (χ4n) is 3.81. The molecule has 34 heavy (non-hydrogen) atoms. The maximum absolute atomic E-state index is 13.2. The number of hydrogen-bond donors (Lipinski definition) is 1. The number of nitrogens with zero attached hydrogens (tertiary/aromatic N) is 3. The highest BCUT2D eigenvalue weighted by Gasteiger charge is 2.47. The first-order valence-corrected chi connectivity index (χ1v) is 10.8. The maximum atomic E-state index is 13.2. The van der Waals surface area contributed by atoms with Crippen molar-refractivity contribution in [2.24, 2.45) is 5.92 Å². The van der Waals surface area contributed by atoms with E-state index in [9.17, 15) is 14.7 Å². The monoisotopic (exact) mass is 453 g/mol. The van der Waals surface area contributed by atoms with Crippen LogP contribution in [-0.4, -0.2) is 28.4 Å². The lowest BCUT2D eigenvalue weighted by molar-refractivity contribution is -0.132. The smallest absolute Gasteiger partial charge is 0.300 e. The van der Waals surface area contributed by atoms with Crippen LogP contribution in [0.15, 0.2) is 78.6 Å². The van der Waals surface area contributed by atoms with Gasteiger partial charge >= 0.3 is 0 Å². The summed E-state index contributed by atoms with van der Waals surface area (Å²) in [5.41, 5.74) is 1.84. The zero-order valence-electron chi connectivity index (χ0n) is 18.8. The third kappa shape index (κ3) is 4.39. The Morgan fingerprint density at radius 3 is 2.47 bits per heavy atom. The predicted octanol–water partition coefficient (Wildman–Crippen LogP) is 4.61. The molecule has 1 atom stereocenters. The highest BCUT2D eigenvalue weighted by atomic mass is 16.5. The molecule has 0 aliphatic carbocycles. The van der Waals surface area contributed by atoms with E-state index in [0.29, 0.717) is 40.7 Å². The Hall–Kier alpha value is -4.44. The summed E-state index contributed by atoms with van der Waals surface area (Å²) in [6.45, 7) is 4.57. The molecule has 1 aliphatic rings. The van der Waals surface area contributed by atoms with E-state index in [4.69, 9.17) is 10.00 Å². The standard InChI is InChI=1S/C27H23N3O4/c1-17(2)16-34-22-5-3-4-20(14-22)25(31)23-24(19-10-12-29-13-11-19)30(27(33)26(23)32)21-8-6-18(15-28)7-9-21/h3-14,17,24,31H,16H2,1-2H3/b25-23-. The lowest BCUT2D eigenvalue weighted by atomic mass is 9.95. The molecule has 1 N–H and O–H groups in total. The van der Waals surface area contributed by atoms with Gasteiger partial charge in [0.2, 0.25) is 0 Å². The van der Waals surface area contributed by atoms with Gasteiger partial charge < -0.3 is 9.84 Å². The fourth-order valence-corrected chi connectivity index (χ4v) is 3.81. The van der Waals surface area contributed by atoms with Crippen molar-refractivity contribution in [2.45, 2.75) is 19.9 Å². The van der Waals surface area contributed by atoms with Crippen molar-refractivity contribution >= 4 is 23.1 Å². The average Bonchev–Trinajstić information content (AvgIpc) is 3.13. The van der Waals surface area contributed by atoms with Crippen molar-refractivity contribution in [3.63, 3.8) is 0 Å². The van der Waals surface area contributed by atoms with Crippen LogP contribution >= 0.6 is 0 Å². The minimum Gasteiger partial charge on any atom is -0.507 e. The summed E-state index contributed by atoms with van der Waals surface area (Å²) in [7, 11) is 0. The molecule has 7 heteroatoms. The van der Waals surface area contributed by atoms with E-state index in [1.807, 2.05) is 19.9 Å². The van der Waals surface area contributed by atoms with Gasteiger partial charge in [-0.15, -0.1) is 0 Å². The van der Waals surface area contributed by atoms with E-state index < -0.39 is 17.7 Å². The van der Waals surface area contributed by atoms with E-state index in [0.717, 1.165) is 0 Å². The quantitative estimate of drug-likeness (QED) is 0.332. The number of ether oxygens (including phenoxy) is 1. The summed E-state index contributed by atoms with van der Waals surface area (Å²) in [6.07, 6.45) is 3.13. The van der Waals surface area contributed by atoms with Crippen LogP contribution < -0.4 is 9.64 Å². The highest BCUT2D eigenvalue weighted by molar-refractivity contribution is 6.51. The van der Waals surface area contributed by atoms with Gasteiger partial charge in [-0.2, -0.15) is 5.26 Å². The third-order valence-electron chi connectivity index (χ3n) is 5.43. The second-order valence-corrected chi connectivity index (χ2v) is 8.34. The van der Waals surface area contributed by atoms with Gasteiger partial charge in [0.25, 0.3) is 11.7 Å². The molecule has 7 nitrogen and oxygen atoms in total. The lowest BCUT2D eigenvalue weighted by Crippen LogP contribution is -2.29. The Bertz CT molecular complexity index is 1290. The molecule has 2 heterocycles. The van der Waals surface area contributed by atoms with Crippen molar-refractivity contribution in [3.05, 3.63) is 95.3 Å². The van der Waals surface area contributed by atoms with Crippen LogP contribution in [0, 0.1) is 17.2 Å². The molecule has 0 bridgehead atoms. The average molecular weight is 453 g/mol. The van der Waals surface area contributed by atoms with Crippen molar-refractivity contribution in [1.82, 2.24) is 4.98 Å². The molecular weight excluding hydrogens is 430 g/mol. The summed E-state index contributed by atoms with van der Waals surface area (Å²) in [5, 5.41) is 20.4. The van der Waals surface area contributed by atoms with Crippen molar-refractivity contribution < 1.29 is 19.4 Å². The topological polar surface area (TPSA) is 104 Å². The van der Waals surface area contributed by atoms with Crippen LogP contribution in [0.3, 0.4) is 0 Å². The van der Waals surface area contributed by atoms with Crippen LogP contribution in [0.25, 0.3) is 5.76 Å². The second kappa shape index (κ2) is 9.59. The zero-order chi connectivity index (χ0) is 24.2. The van der Waals surface area contributed by atoms with Gasteiger partial charge in [-0.25, -0.2) is 0 Å². The van der Waals surface area contributed by atoms with Crippen LogP contribution in [0.1, 0.15) is 36.6 Å². The molecule has 1 aromatic heterocycles. The van der Waals surface area contributed by atoms with Gasteiger partial charge in [-0.05, 0) is 60.0 Å². The molecule has 1 saturated heterocycles. The number of amides is 1. The first-order chi connectivity index (χ1) is 16.4. The molecule has 0 saturated carbocycles. The number of Topliss-reactive ketones (excluding diaryl/α,β-unsaturated/α-hetero) is 1. The molecule has 170 valence electrons. The number of nitriles is 1. The van der Waals surface area contributed by atoms with Gasteiger partial charge in [0.05, 0.1) is 29.9 Å². The number of aliphatic hydroxyl groups excluding tert-OH is 1. The number of hydrogen-bond acceptors (Lipinski definition) is 6. The number of rotatable bonds is 6. The first kappa shape index (κ1) is 22.7. The Morgan fingerprint density at radius 1 is 1.12 bits per heavy atom. The lowest BCUT2D eigenvalue weighted by Gasteiger charge is -2.25. The Kier molecular flexibility index (Phi) is 6.42. The molecule has 0 spiro atoms. The maximum Gasteiger partial charge on any atom is 0.300 e. The summed E-state index contributed by atoms with van der Waals surface area (Å²) in [6, 6.07) is 17.8. The largest absolute Gasteiger partial charge is 0.507 e. The summed E-state index contributed by atoms with van der Waals surface area (Å²) in [5.74, 6) is -0.968. The molecule has 1 unspecified atom stereocenters. The molecular formula is C27H23N3O4. The van der Waals surface area contributed by atoms with E-state index in [1.54, 1.807) is 73.1 Å². The number of anilines is 1. The SMILES string of the molecule is CC(C)COc1cccc(/C(O)=C2/C(=O)C(=O)N(c3ccc(C#N)cc3)C2c2ccncc2)c1. The highest BCUT2D eigenvalue weighted by Crippen LogP contribution is 2.42. The van der Waals surface area contributed by atoms with Gasteiger partial charge in [0.1, 0.15) is 11.5 Å². The number of benzene rings is 2. The van der Waals surface area contributed by atoms with Crippen LogP contribution in [0.4, 0.5) is 5.69 Å². The van der Waals surface area contributed by atoms with Gasteiger partial charge in [-0.3, -0.25) is 19.5 Å². The normalized spacial score (nSPS) is 17.1. The number of pyridine rings is 1. The van der Waals surface area contributed by atoms with Crippen LogP contribution in [0.2, 0.25) is 0 Å². The van der Waals surface area contributed by atoms with Crippen LogP contribution in [0.5, 0.6) is 5.75 Å². The number of ketones is 1. The molecule has 1 amide bonds. The number of carbonyl (C=O) groups is 2. The predicted molar refractivity (Wildman–Crippen MR) is 127 cm³/mol. The Balaban J connectivity index is 1.84. The van der Waals surface area contributed by atoms with Crippen LogP contribution in [-0.2, 0) is 9.59 Å². The van der Waals surface area contributed by atoms with E-state index >= 15 is 0 Å². The Labute approximate surface area is 197 Å². The van der Waals surface area contributed by atoms with Gasteiger partial charge in [-0.1, -0.05) is 26.0 Å². The van der Waals surface area contributed by atoms with Crippen molar-refractivity contribution in [3.8, 4) is 11.8 Å². The molecule has 2 aromatic carbocycles. The zero-order valence-corrected chi connectivity index (χ0v) is 18.8. The minimum atomic E-state index is -0.865. The fraction of sp³-hybridized carbons (Fsp3) is 0.185. The number of aliphatic hydroxyl groups is 1. The summed E-state index contributed by atoms with van der Waals surface area (Å²) >= 11 is 0. The van der Waals surface area contributed by atoms with Gasteiger partial charge in [0.15, 0.2) is 0 Å². The van der Waals surface area contributed by atoms with E-state index in [2.05, 4.69) is 4.98 Å². The van der Waals surface area contributed by atoms with Crippen molar-refractivity contribution in [1.29, 1.82) is 5.26 Å². The number of aromatic nitrogens is 1. The molecule has 0 radical (unpaired) electrons. The summed E-state index contributed by atoms with van der Waals surface area (Å²) < 4.78 is 5.76. The molecule has 1 fully saturated rings. The molecule has 3 aromatic rings. The molecule has 4 rings (SSSR count). The first-order valence-electron chi connectivity index (χ1n) is 10.8. The van der Waals surface area contributed by atoms with E-state index in [-0.39, 0.29) is 11.3 Å². The molecule has 1 aliphatic heterocycles. The number of carbonyl (C=O) groups excluding carboxylic acids is 2. The second-order valence-electron chi connectivity index (χ2n) is 8.34. The van der Waals surface area contributed by atoms with Crippen molar-refractivity contribution in [2.75, 3.05) is 11.5 Å². The van der Waals surface area contributed by atoms with Gasteiger partial charge in [0, 0.05) is 23.6 Å².